The average Bonchev–Trinajstić information content (AvgIpc) is 2.78. The lowest BCUT2D eigenvalue weighted by Crippen LogP contribution is -2.50. The number of rotatable bonds is 6. The van der Waals surface area contributed by atoms with Crippen molar-refractivity contribution in [3.05, 3.63) is 83.1 Å². The van der Waals surface area contributed by atoms with Crippen LogP contribution in [0.1, 0.15) is 42.2 Å². The van der Waals surface area contributed by atoms with E-state index in [9.17, 15) is 9.18 Å². The number of aromatic nitrogens is 1. The SMILES string of the molecule is CCCN1CCC2=CC(N(C)c3ccc(F)cc3)=CCC2(C(=O)c2cc(C)ccn2)C1. The number of hydrogen-bond donors (Lipinski definition) is 0. The van der Waals surface area contributed by atoms with Gasteiger partial charge in [-0.2, -0.15) is 0 Å². The van der Waals surface area contributed by atoms with Gasteiger partial charge >= 0.3 is 0 Å². The molecule has 1 aromatic carbocycles. The Balaban J connectivity index is 1.68. The number of hydrogen-bond acceptors (Lipinski definition) is 4. The minimum Gasteiger partial charge on any atom is -0.345 e. The van der Waals surface area contributed by atoms with Crippen molar-refractivity contribution in [1.82, 2.24) is 9.88 Å². The second kappa shape index (κ2) is 8.75. The monoisotopic (exact) mass is 419 g/mol. The third kappa shape index (κ3) is 4.19. The van der Waals surface area contributed by atoms with Gasteiger partial charge in [0.1, 0.15) is 11.5 Å². The molecule has 0 amide bonds. The molecule has 1 aliphatic carbocycles. The van der Waals surface area contributed by atoms with Crippen LogP contribution in [0.5, 0.6) is 0 Å². The number of likely N-dealkylation sites (N-methyl/N-ethyl adjacent to an activating group) is 1. The third-order valence-electron chi connectivity index (χ3n) is 6.51. The van der Waals surface area contributed by atoms with Crippen molar-refractivity contribution < 1.29 is 9.18 Å². The number of piperidine rings is 1. The summed E-state index contributed by atoms with van der Waals surface area (Å²) >= 11 is 0. The van der Waals surface area contributed by atoms with Gasteiger partial charge in [-0.25, -0.2) is 4.39 Å². The highest BCUT2D eigenvalue weighted by Crippen LogP contribution is 2.45. The number of nitrogens with zero attached hydrogens (tertiary/aromatic N) is 3. The summed E-state index contributed by atoms with van der Waals surface area (Å²) in [4.78, 5) is 22.7. The highest BCUT2D eigenvalue weighted by Gasteiger charge is 2.47. The number of carbonyl (C=O) groups is 1. The zero-order chi connectivity index (χ0) is 22.0. The van der Waals surface area contributed by atoms with Gasteiger partial charge in [-0.05, 0) is 80.8 Å². The van der Waals surface area contributed by atoms with Gasteiger partial charge in [-0.3, -0.25) is 9.78 Å². The molecular weight excluding hydrogens is 389 g/mol. The summed E-state index contributed by atoms with van der Waals surface area (Å²) in [5, 5.41) is 0. The lowest BCUT2D eigenvalue weighted by Gasteiger charge is -2.45. The molecule has 0 radical (unpaired) electrons. The van der Waals surface area contributed by atoms with Gasteiger partial charge in [-0.1, -0.05) is 18.6 Å². The van der Waals surface area contributed by atoms with Gasteiger partial charge in [0.2, 0.25) is 0 Å². The first kappa shape index (κ1) is 21.4. The van der Waals surface area contributed by atoms with E-state index in [4.69, 9.17) is 0 Å². The lowest BCUT2D eigenvalue weighted by atomic mass is 9.66. The summed E-state index contributed by atoms with van der Waals surface area (Å²) in [5.74, 6) is -0.130. The van der Waals surface area contributed by atoms with Crippen LogP contribution >= 0.6 is 0 Å². The molecule has 0 saturated carbocycles. The van der Waals surface area contributed by atoms with E-state index in [1.54, 1.807) is 18.3 Å². The van der Waals surface area contributed by atoms with E-state index in [0.717, 1.165) is 49.4 Å². The van der Waals surface area contributed by atoms with E-state index >= 15 is 0 Å². The first-order chi connectivity index (χ1) is 14.9. The van der Waals surface area contributed by atoms with Crippen molar-refractivity contribution >= 4 is 11.5 Å². The van der Waals surface area contributed by atoms with E-state index in [1.807, 2.05) is 26.1 Å². The minimum absolute atomic E-state index is 0.114. The van der Waals surface area contributed by atoms with Gasteiger partial charge in [0, 0.05) is 37.7 Å². The number of benzene rings is 1. The molecule has 1 fully saturated rings. The Bertz CT molecular complexity index is 1030. The van der Waals surface area contributed by atoms with Crippen molar-refractivity contribution in [3.8, 4) is 0 Å². The number of fused-ring (bicyclic) bond motifs is 1. The molecule has 0 spiro atoms. The zero-order valence-corrected chi connectivity index (χ0v) is 18.6. The fourth-order valence-corrected chi connectivity index (χ4v) is 4.77. The number of pyridine rings is 1. The van der Waals surface area contributed by atoms with E-state index in [1.165, 1.54) is 17.7 Å². The molecule has 4 rings (SSSR count). The maximum Gasteiger partial charge on any atom is 0.192 e. The van der Waals surface area contributed by atoms with E-state index in [0.29, 0.717) is 12.1 Å². The topological polar surface area (TPSA) is 36.4 Å². The smallest absolute Gasteiger partial charge is 0.192 e. The summed E-state index contributed by atoms with van der Waals surface area (Å²) in [6, 6.07) is 10.3. The van der Waals surface area contributed by atoms with Crippen LogP contribution in [-0.2, 0) is 0 Å². The Kier molecular flexibility index (Phi) is 6.05. The van der Waals surface area contributed by atoms with E-state index < -0.39 is 5.41 Å². The Labute approximate surface area is 184 Å². The van der Waals surface area contributed by atoms with Gasteiger partial charge in [0.15, 0.2) is 5.78 Å². The molecule has 0 N–H and O–H groups in total. The maximum atomic E-state index is 13.8. The van der Waals surface area contributed by atoms with E-state index in [-0.39, 0.29) is 11.6 Å². The lowest BCUT2D eigenvalue weighted by molar-refractivity contribution is 0.0696. The molecule has 1 atom stereocenters. The van der Waals surface area contributed by atoms with Crippen LogP contribution in [-0.4, -0.2) is 42.3 Å². The van der Waals surface area contributed by atoms with E-state index in [2.05, 4.69) is 33.9 Å². The Hall–Kier alpha value is -2.79. The van der Waals surface area contributed by atoms with Crippen molar-refractivity contribution in [1.29, 1.82) is 0 Å². The molecule has 0 bridgehead atoms. The van der Waals surface area contributed by atoms with Crippen LogP contribution in [0.3, 0.4) is 0 Å². The molecule has 2 aliphatic rings. The molecule has 2 aromatic rings. The van der Waals surface area contributed by atoms with Gasteiger partial charge in [0.25, 0.3) is 0 Å². The van der Waals surface area contributed by atoms with Crippen LogP contribution in [0.25, 0.3) is 0 Å². The maximum absolute atomic E-state index is 13.8. The fourth-order valence-electron chi connectivity index (χ4n) is 4.77. The summed E-state index contributed by atoms with van der Waals surface area (Å²) in [7, 11) is 1.99. The number of halogens is 1. The number of Topliss-reactive ketones (excluding diaryl/α,β-unsaturated/α-hetero) is 1. The highest BCUT2D eigenvalue weighted by atomic mass is 19.1. The molecule has 1 saturated heterocycles. The first-order valence-corrected chi connectivity index (χ1v) is 11.0. The zero-order valence-electron chi connectivity index (χ0n) is 18.6. The van der Waals surface area contributed by atoms with Crippen molar-refractivity contribution in [3.63, 3.8) is 0 Å². The normalized spacial score (nSPS) is 21.2. The molecular formula is C26H30FN3O. The quantitative estimate of drug-likeness (QED) is 0.606. The molecule has 1 aromatic heterocycles. The largest absolute Gasteiger partial charge is 0.345 e. The van der Waals surface area contributed by atoms with Crippen LogP contribution in [0.15, 0.2) is 66.0 Å². The molecule has 31 heavy (non-hydrogen) atoms. The number of aryl methyl sites for hydroxylation is 1. The van der Waals surface area contributed by atoms with Gasteiger partial charge in [-0.15, -0.1) is 0 Å². The van der Waals surface area contributed by atoms with Crippen LogP contribution in [0.2, 0.25) is 0 Å². The number of allylic oxidation sites excluding steroid dienone is 2. The molecule has 1 aliphatic heterocycles. The Morgan fingerprint density at radius 2 is 2.03 bits per heavy atom. The summed E-state index contributed by atoms with van der Waals surface area (Å²) in [6.07, 6.45) is 8.63. The second-order valence-electron chi connectivity index (χ2n) is 8.69. The molecule has 1 unspecified atom stereocenters. The molecule has 162 valence electrons. The summed E-state index contributed by atoms with van der Waals surface area (Å²) in [6.45, 7) is 6.86. The predicted molar refractivity (Wildman–Crippen MR) is 123 cm³/mol. The Morgan fingerprint density at radius 3 is 2.74 bits per heavy atom. The third-order valence-corrected chi connectivity index (χ3v) is 6.51. The second-order valence-corrected chi connectivity index (χ2v) is 8.69. The van der Waals surface area contributed by atoms with Crippen molar-refractivity contribution in [2.24, 2.45) is 5.41 Å². The number of likely N-dealkylation sites (tertiary alicyclic amines) is 1. The van der Waals surface area contributed by atoms with Gasteiger partial charge in [0.05, 0.1) is 5.41 Å². The first-order valence-electron chi connectivity index (χ1n) is 11.0. The van der Waals surface area contributed by atoms with Crippen LogP contribution in [0, 0.1) is 18.2 Å². The number of ketones is 1. The van der Waals surface area contributed by atoms with Crippen molar-refractivity contribution in [2.45, 2.75) is 33.1 Å². The average molecular weight is 420 g/mol. The fraction of sp³-hybridized carbons (Fsp3) is 0.385. The van der Waals surface area contributed by atoms with Crippen molar-refractivity contribution in [2.75, 3.05) is 31.6 Å². The van der Waals surface area contributed by atoms with Gasteiger partial charge < -0.3 is 9.80 Å². The van der Waals surface area contributed by atoms with Crippen LogP contribution in [0.4, 0.5) is 10.1 Å². The molecule has 2 heterocycles. The molecule has 4 nitrogen and oxygen atoms in total. The summed E-state index contributed by atoms with van der Waals surface area (Å²) < 4.78 is 13.3. The Morgan fingerprint density at radius 1 is 1.26 bits per heavy atom. The molecule has 5 heteroatoms. The number of carbonyl (C=O) groups excluding carboxylic acids is 1. The predicted octanol–water partition coefficient (Wildman–Crippen LogP) is 5.16. The standard InChI is InChI=1S/C26H30FN3O/c1-4-14-30-15-11-20-17-23(29(3)22-7-5-21(27)6-8-22)9-12-26(20,18-30)25(31)24-16-19(2)10-13-28-24/h5-10,13,16-17H,4,11-12,14-15,18H2,1-3H3. The number of anilines is 1. The van der Waals surface area contributed by atoms with Crippen LogP contribution < -0.4 is 4.90 Å². The minimum atomic E-state index is -0.568. The summed E-state index contributed by atoms with van der Waals surface area (Å²) in [5.41, 5.74) is 4.18. The highest BCUT2D eigenvalue weighted by molar-refractivity contribution is 6.02.